The first-order valence-electron chi connectivity index (χ1n) is 12.4. The average Bonchev–Trinajstić information content (AvgIpc) is 2.74. The van der Waals surface area contributed by atoms with Crippen molar-refractivity contribution in [3.63, 3.8) is 0 Å². The fourth-order valence-electron chi connectivity index (χ4n) is 3.53. The van der Waals surface area contributed by atoms with Gasteiger partial charge in [0.25, 0.3) is 0 Å². The monoisotopic (exact) mass is 448 g/mol. The summed E-state index contributed by atoms with van der Waals surface area (Å²) in [4.78, 5) is 10.6. The molecule has 0 aromatic rings. The van der Waals surface area contributed by atoms with E-state index in [1.165, 1.54) is 64.2 Å². The molecule has 7 nitrogen and oxygen atoms in total. The number of nitrogens with zero attached hydrogens (tertiary/aromatic N) is 1. The van der Waals surface area contributed by atoms with Crippen molar-refractivity contribution in [2.75, 3.05) is 72.9 Å². The molecule has 0 saturated heterocycles. The molecule has 0 saturated carbocycles. The molecule has 0 radical (unpaired) electrons. The van der Waals surface area contributed by atoms with E-state index in [9.17, 15) is 4.79 Å². The second-order valence-electron chi connectivity index (χ2n) is 8.68. The van der Waals surface area contributed by atoms with Crippen molar-refractivity contribution in [3.05, 3.63) is 0 Å². The van der Waals surface area contributed by atoms with E-state index in [4.69, 9.17) is 24.4 Å². The summed E-state index contributed by atoms with van der Waals surface area (Å²) < 4.78 is 17.3. The van der Waals surface area contributed by atoms with Crippen LogP contribution in [0.4, 0.5) is 0 Å². The van der Waals surface area contributed by atoms with E-state index in [1.54, 1.807) is 0 Å². The van der Waals surface area contributed by atoms with Gasteiger partial charge in [0.15, 0.2) is 0 Å². The molecular weight excluding hydrogens is 398 g/mol. The quantitative estimate of drug-likeness (QED) is 0.163. The summed E-state index contributed by atoms with van der Waals surface area (Å²) in [5.41, 5.74) is 0. The van der Waals surface area contributed by atoms with Crippen LogP contribution in [0.3, 0.4) is 0 Å². The molecule has 1 atom stereocenters. The van der Waals surface area contributed by atoms with E-state index in [0.717, 1.165) is 24.1 Å². The summed E-state index contributed by atoms with van der Waals surface area (Å²) >= 11 is 0. The first-order valence-corrected chi connectivity index (χ1v) is 12.4. The van der Waals surface area contributed by atoms with Crippen molar-refractivity contribution in [1.29, 1.82) is 0 Å². The molecule has 7 heteroatoms. The molecule has 0 bridgehead atoms. The largest absolute Gasteiger partial charge is 0.481 e. The topological polar surface area (TPSA) is 85.2 Å². The van der Waals surface area contributed by atoms with Gasteiger partial charge in [-0.25, -0.2) is 0 Å². The smallest absolute Gasteiger partial charge is 0.305 e. The highest BCUT2D eigenvalue weighted by Gasteiger charge is 2.21. The Hall–Kier alpha value is -0.730. The summed E-state index contributed by atoms with van der Waals surface area (Å²) in [5, 5.41) is 17.4. The Bertz CT molecular complexity index is 396. The van der Waals surface area contributed by atoms with Crippen molar-refractivity contribution in [3.8, 4) is 0 Å². The van der Waals surface area contributed by atoms with Crippen molar-refractivity contribution in [2.24, 2.45) is 0 Å². The van der Waals surface area contributed by atoms with Gasteiger partial charge in [-0.05, 0) is 12.8 Å². The van der Waals surface area contributed by atoms with Crippen LogP contribution in [0.15, 0.2) is 0 Å². The Balaban J connectivity index is 4.02. The third-order valence-electron chi connectivity index (χ3n) is 5.67. The Morgan fingerprint density at radius 2 is 1.16 bits per heavy atom. The van der Waals surface area contributed by atoms with Gasteiger partial charge in [-0.15, -0.1) is 0 Å². The van der Waals surface area contributed by atoms with Gasteiger partial charge in [0, 0.05) is 0 Å². The molecule has 0 aliphatic carbocycles. The number of unbranched alkanes of at least 4 members (excludes halogenated alkanes) is 9. The Kier molecular flexibility index (Phi) is 21.9. The number of aliphatic carboxylic acids is 1. The van der Waals surface area contributed by atoms with Crippen molar-refractivity contribution < 1.29 is 33.7 Å². The molecule has 0 fully saturated rings. The van der Waals surface area contributed by atoms with Crippen LogP contribution in [0, 0.1) is 0 Å². The van der Waals surface area contributed by atoms with E-state index in [2.05, 4.69) is 14.0 Å². The number of aliphatic hydroxyl groups is 1. The minimum Gasteiger partial charge on any atom is -0.481 e. The number of carbonyl (C=O) groups is 1. The summed E-state index contributed by atoms with van der Waals surface area (Å²) in [6, 6.07) is 0. The minimum atomic E-state index is -0.820. The van der Waals surface area contributed by atoms with Crippen LogP contribution >= 0.6 is 0 Å². The summed E-state index contributed by atoms with van der Waals surface area (Å²) in [6.45, 7) is 8.03. The van der Waals surface area contributed by atoms with E-state index in [0.29, 0.717) is 33.0 Å². The standard InChI is InChI=1S/C24H49NO6/c1-3-4-5-6-7-8-9-10-11-12-14-25(2,15-19-29-18-13-24(27)28)16-20-30-22-23-31-21-17-26/h26H,3-23H2,1-2H3/p+1. The second-order valence-corrected chi connectivity index (χ2v) is 8.68. The van der Waals surface area contributed by atoms with Crippen LogP contribution in [0.5, 0.6) is 0 Å². The zero-order valence-electron chi connectivity index (χ0n) is 20.3. The fraction of sp³-hybridized carbons (Fsp3) is 0.958. The van der Waals surface area contributed by atoms with Crippen LogP contribution in [-0.4, -0.2) is 93.6 Å². The zero-order valence-corrected chi connectivity index (χ0v) is 20.3. The lowest BCUT2D eigenvalue weighted by molar-refractivity contribution is -0.910. The predicted octanol–water partition coefficient (Wildman–Crippen LogP) is 3.87. The third kappa shape index (κ3) is 22.3. The zero-order chi connectivity index (χ0) is 23.0. The molecule has 186 valence electrons. The van der Waals surface area contributed by atoms with E-state index >= 15 is 0 Å². The SMILES string of the molecule is CCCCCCCCCCCC[N+](C)(CCOCCOCCO)CCOCCC(=O)O. The van der Waals surface area contributed by atoms with E-state index < -0.39 is 5.97 Å². The highest BCUT2D eigenvalue weighted by molar-refractivity contribution is 5.66. The summed E-state index contributed by atoms with van der Waals surface area (Å²) in [5.74, 6) is -0.820. The van der Waals surface area contributed by atoms with E-state index in [-0.39, 0.29) is 19.6 Å². The maximum atomic E-state index is 10.6. The molecule has 0 spiro atoms. The van der Waals surface area contributed by atoms with Crippen LogP contribution < -0.4 is 0 Å². The molecule has 0 rings (SSSR count). The molecule has 0 aliphatic rings. The Morgan fingerprint density at radius 1 is 0.677 bits per heavy atom. The first kappa shape index (κ1) is 30.3. The summed E-state index contributed by atoms with van der Waals surface area (Å²) in [6.07, 6.45) is 13.3. The van der Waals surface area contributed by atoms with Crippen LogP contribution in [-0.2, 0) is 19.0 Å². The predicted molar refractivity (Wildman–Crippen MR) is 124 cm³/mol. The number of aliphatic hydroxyl groups excluding tert-OH is 1. The first-order chi connectivity index (χ1) is 15.0. The summed E-state index contributed by atoms with van der Waals surface area (Å²) in [7, 11) is 2.24. The van der Waals surface area contributed by atoms with Gasteiger partial charge in [0.2, 0.25) is 0 Å². The van der Waals surface area contributed by atoms with Crippen molar-refractivity contribution in [1.82, 2.24) is 0 Å². The lowest BCUT2D eigenvalue weighted by atomic mass is 10.1. The number of hydrogen-bond donors (Lipinski definition) is 2. The van der Waals surface area contributed by atoms with Gasteiger partial charge in [0.05, 0.1) is 66.3 Å². The van der Waals surface area contributed by atoms with Gasteiger partial charge in [-0.1, -0.05) is 58.3 Å². The lowest BCUT2D eigenvalue weighted by Crippen LogP contribution is -2.49. The lowest BCUT2D eigenvalue weighted by Gasteiger charge is -2.34. The Morgan fingerprint density at radius 3 is 1.68 bits per heavy atom. The Labute approximate surface area is 190 Å². The number of carboxylic acid groups (broad SMARTS) is 1. The van der Waals surface area contributed by atoms with Gasteiger partial charge < -0.3 is 28.9 Å². The highest BCUT2D eigenvalue weighted by Crippen LogP contribution is 2.12. The fourth-order valence-corrected chi connectivity index (χ4v) is 3.53. The number of ether oxygens (including phenoxy) is 3. The van der Waals surface area contributed by atoms with Crippen LogP contribution in [0.1, 0.15) is 77.6 Å². The average molecular weight is 449 g/mol. The maximum absolute atomic E-state index is 10.6. The minimum absolute atomic E-state index is 0.0374. The molecule has 2 N–H and O–H groups in total. The maximum Gasteiger partial charge on any atom is 0.305 e. The van der Waals surface area contributed by atoms with Gasteiger partial charge in [0.1, 0.15) is 13.1 Å². The number of hydrogen-bond acceptors (Lipinski definition) is 5. The van der Waals surface area contributed by atoms with Crippen molar-refractivity contribution in [2.45, 2.75) is 77.6 Å². The number of carboxylic acids is 1. The normalized spacial score (nSPS) is 13.4. The van der Waals surface area contributed by atoms with Crippen LogP contribution in [0.25, 0.3) is 0 Å². The number of quaternary nitrogens is 1. The van der Waals surface area contributed by atoms with Crippen LogP contribution in [0.2, 0.25) is 0 Å². The molecule has 0 aromatic carbocycles. The molecule has 0 heterocycles. The van der Waals surface area contributed by atoms with E-state index in [1.807, 2.05) is 0 Å². The third-order valence-corrected chi connectivity index (χ3v) is 5.67. The molecule has 1 unspecified atom stereocenters. The molecule has 31 heavy (non-hydrogen) atoms. The van der Waals surface area contributed by atoms with Gasteiger partial charge in [-0.3, -0.25) is 4.79 Å². The molecular formula is C24H50NO6+. The molecule has 0 aromatic heterocycles. The van der Waals surface area contributed by atoms with Gasteiger partial charge >= 0.3 is 5.97 Å². The molecule has 0 amide bonds. The molecule has 0 aliphatic heterocycles. The van der Waals surface area contributed by atoms with Gasteiger partial charge in [-0.2, -0.15) is 0 Å². The van der Waals surface area contributed by atoms with Crippen molar-refractivity contribution >= 4 is 5.97 Å². The second kappa shape index (κ2) is 22.5. The highest BCUT2D eigenvalue weighted by atomic mass is 16.5. The number of rotatable bonds is 25. The number of likely N-dealkylation sites (N-methyl/N-ethyl adjacent to an activating group) is 1.